The quantitative estimate of drug-likeness (QED) is 0.405. The summed E-state index contributed by atoms with van der Waals surface area (Å²) < 4.78 is 7.74. The number of rotatable bonds is 6. The van der Waals surface area contributed by atoms with E-state index in [4.69, 9.17) is 4.74 Å². The predicted octanol–water partition coefficient (Wildman–Crippen LogP) is 6.03. The summed E-state index contributed by atoms with van der Waals surface area (Å²) in [6, 6.07) is 26.0. The number of hydrogen-bond donors (Lipinski definition) is 1. The van der Waals surface area contributed by atoms with Gasteiger partial charge in [-0.05, 0) is 73.7 Å². The number of hydrogen-bond acceptors (Lipinski definition) is 3. The second-order valence-corrected chi connectivity index (χ2v) is 6.83. The molecule has 0 radical (unpaired) electrons. The first kappa shape index (κ1) is 19.2. The zero-order valence-corrected chi connectivity index (χ0v) is 16.4. The van der Waals surface area contributed by atoms with Gasteiger partial charge in [-0.1, -0.05) is 23.8 Å². The molecule has 0 aliphatic heterocycles. The van der Waals surface area contributed by atoms with Crippen molar-refractivity contribution in [2.75, 3.05) is 0 Å². The number of aryl methyl sites for hydroxylation is 1. The molecule has 3 aromatic carbocycles. The van der Waals surface area contributed by atoms with Gasteiger partial charge in [0.15, 0.2) is 0 Å². The fourth-order valence-electron chi connectivity index (χ4n) is 3.01. The van der Waals surface area contributed by atoms with Crippen LogP contribution in [-0.4, -0.2) is 21.9 Å². The van der Waals surface area contributed by atoms with Crippen LogP contribution in [0.25, 0.3) is 5.69 Å². The summed E-state index contributed by atoms with van der Waals surface area (Å²) in [7, 11) is 0. The highest BCUT2D eigenvalue weighted by atomic mass is 16.5. The zero-order chi connectivity index (χ0) is 20.9. The lowest BCUT2D eigenvalue weighted by atomic mass is 10.2. The summed E-state index contributed by atoms with van der Waals surface area (Å²) in [6.45, 7) is 2.04. The number of aromatic carboxylic acids is 1. The van der Waals surface area contributed by atoms with Crippen molar-refractivity contribution in [1.82, 2.24) is 4.57 Å². The molecule has 4 aromatic rings. The Morgan fingerprint density at radius 2 is 1.63 bits per heavy atom. The Morgan fingerprint density at radius 1 is 0.933 bits per heavy atom. The van der Waals surface area contributed by atoms with Crippen molar-refractivity contribution >= 4 is 17.9 Å². The average molecular weight is 396 g/mol. The summed E-state index contributed by atoms with van der Waals surface area (Å²) in [5, 5.41) is 9.21. The van der Waals surface area contributed by atoms with Gasteiger partial charge in [-0.3, -0.25) is 4.99 Å². The Hall–Kier alpha value is -4.12. The van der Waals surface area contributed by atoms with Gasteiger partial charge in [0.1, 0.15) is 11.5 Å². The lowest BCUT2D eigenvalue weighted by Crippen LogP contribution is -2.01. The molecule has 30 heavy (non-hydrogen) atoms. The van der Waals surface area contributed by atoms with E-state index < -0.39 is 5.97 Å². The summed E-state index contributed by atoms with van der Waals surface area (Å²) in [5.74, 6) is 0.581. The van der Waals surface area contributed by atoms with E-state index >= 15 is 0 Å². The van der Waals surface area contributed by atoms with Crippen LogP contribution < -0.4 is 4.74 Å². The molecule has 1 N–H and O–H groups in total. The summed E-state index contributed by atoms with van der Waals surface area (Å²) in [5.41, 5.74) is 3.83. The lowest BCUT2D eigenvalue weighted by Gasteiger charge is -2.07. The van der Waals surface area contributed by atoms with E-state index in [0.717, 1.165) is 28.6 Å². The van der Waals surface area contributed by atoms with E-state index in [2.05, 4.69) is 4.99 Å². The summed E-state index contributed by atoms with van der Waals surface area (Å²) in [6.07, 6.45) is 3.63. The molecule has 0 saturated heterocycles. The molecule has 1 aromatic heterocycles. The van der Waals surface area contributed by atoms with E-state index in [1.807, 2.05) is 84.4 Å². The van der Waals surface area contributed by atoms with Gasteiger partial charge >= 0.3 is 5.97 Å². The first-order valence-electron chi connectivity index (χ1n) is 9.48. The monoisotopic (exact) mass is 396 g/mol. The van der Waals surface area contributed by atoms with E-state index in [0.29, 0.717) is 0 Å². The topological polar surface area (TPSA) is 63.8 Å². The van der Waals surface area contributed by atoms with Crippen molar-refractivity contribution < 1.29 is 14.6 Å². The fraction of sp³-hybridized carbons (Fsp3) is 0.0400. The molecular formula is C25H20N2O3. The average Bonchev–Trinajstić information content (AvgIpc) is 3.24. The Morgan fingerprint density at radius 3 is 2.33 bits per heavy atom. The largest absolute Gasteiger partial charge is 0.478 e. The van der Waals surface area contributed by atoms with Crippen molar-refractivity contribution in [3.63, 3.8) is 0 Å². The van der Waals surface area contributed by atoms with Crippen molar-refractivity contribution in [3.8, 4) is 17.2 Å². The lowest BCUT2D eigenvalue weighted by molar-refractivity contribution is 0.0697. The highest BCUT2D eigenvalue weighted by Crippen LogP contribution is 2.24. The van der Waals surface area contributed by atoms with Crippen LogP contribution in [0.1, 0.15) is 21.6 Å². The number of benzene rings is 3. The number of aliphatic imine (C=N–C) groups is 1. The van der Waals surface area contributed by atoms with Crippen LogP contribution in [0.4, 0.5) is 5.69 Å². The third-order valence-corrected chi connectivity index (χ3v) is 4.59. The van der Waals surface area contributed by atoms with E-state index in [1.54, 1.807) is 24.4 Å². The van der Waals surface area contributed by atoms with E-state index in [-0.39, 0.29) is 5.56 Å². The van der Waals surface area contributed by atoms with Crippen LogP contribution in [0.5, 0.6) is 11.5 Å². The van der Waals surface area contributed by atoms with Gasteiger partial charge in [-0.15, -0.1) is 0 Å². The predicted molar refractivity (Wildman–Crippen MR) is 118 cm³/mol. The minimum Gasteiger partial charge on any atom is -0.478 e. The number of ether oxygens (including phenoxy) is 1. The standard InChI is InChI=1S/C25H20N2O3/c1-18-7-11-23(12-8-18)30-24-13-9-20(10-14-24)26-17-22-6-3-15-27(22)21-5-2-4-19(16-21)25(28)29/h2-17H,1H3,(H,28,29). The van der Waals surface area contributed by atoms with Crippen LogP contribution in [0.15, 0.2) is 96.1 Å². The van der Waals surface area contributed by atoms with E-state index in [9.17, 15) is 9.90 Å². The maximum atomic E-state index is 11.2. The fourth-order valence-corrected chi connectivity index (χ4v) is 3.01. The molecule has 5 nitrogen and oxygen atoms in total. The molecule has 0 amide bonds. The molecule has 0 unspecified atom stereocenters. The van der Waals surface area contributed by atoms with Gasteiger partial charge in [0.25, 0.3) is 0 Å². The second kappa shape index (κ2) is 8.49. The number of aromatic nitrogens is 1. The van der Waals surface area contributed by atoms with Gasteiger partial charge < -0.3 is 14.4 Å². The van der Waals surface area contributed by atoms with Crippen molar-refractivity contribution in [2.45, 2.75) is 6.92 Å². The molecular weight excluding hydrogens is 376 g/mol. The number of carboxylic acid groups (broad SMARTS) is 1. The summed E-state index contributed by atoms with van der Waals surface area (Å²) in [4.78, 5) is 15.8. The van der Waals surface area contributed by atoms with Gasteiger partial charge in [-0.25, -0.2) is 4.79 Å². The number of nitrogens with zero attached hydrogens (tertiary/aromatic N) is 2. The van der Waals surface area contributed by atoms with Crippen LogP contribution >= 0.6 is 0 Å². The highest BCUT2D eigenvalue weighted by Gasteiger charge is 2.06. The van der Waals surface area contributed by atoms with Crippen molar-refractivity contribution in [2.24, 2.45) is 4.99 Å². The van der Waals surface area contributed by atoms with Crippen LogP contribution in [0, 0.1) is 6.92 Å². The van der Waals surface area contributed by atoms with Crippen LogP contribution in [0.2, 0.25) is 0 Å². The maximum absolute atomic E-state index is 11.2. The van der Waals surface area contributed by atoms with Gasteiger partial charge in [0, 0.05) is 11.9 Å². The Labute approximate surface area is 174 Å². The van der Waals surface area contributed by atoms with Crippen molar-refractivity contribution in [1.29, 1.82) is 0 Å². The molecule has 148 valence electrons. The molecule has 0 aliphatic carbocycles. The Bertz CT molecular complexity index is 1190. The molecule has 0 bridgehead atoms. The molecule has 1 heterocycles. The molecule has 0 aliphatic rings. The maximum Gasteiger partial charge on any atom is 0.335 e. The molecule has 0 spiro atoms. The minimum absolute atomic E-state index is 0.244. The third-order valence-electron chi connectivity index (χ3n) is 4.59. The Balaban J connectivity index is 1.50. The smallest absolute Gasteiger partial charge is 0.335 e. The number of carboxylic acids is 1. The van der Waals surface area contributed by atoms with Gasteiger partial charge in [0.2, 0.25) is 0 Å². The first-order chi connectivity index (χ1) is 14.6. The minimum atomic E-state index is -0.952. The normalized spacial score (nSPS) is 11.0. The highest BCUT2D eigenvalue weighted by molar-refractivity contribution is 5.88. The van der Waals surface area contributed by atoms with Crippen LogP contribution in [-0.2, 0) is 0 Å². The molecule has 0 atom stereocenters. The van der Waals surface area contributed by atoms with E-state index in [1.165, 1.54) is 5.56 Å². The third kappa shape index (κ3) is 4.47. The first-order valence-corrected chi connectivity index (χ1v) is 9.48. The van der Waals surface area contributed by atoms with Gasteiger partial charge in [0.05, 0.1) is 23.2 Å². The van der Waals surface area contributed by atoms with Gasteiger partial charge in [-0.2, -0.15) is 0 Å². The Kier molecular flexibility index (Phi) is 5.44. The van der Waals surface area contributed by atoms with Crippen molar-refractivity contribution in [3.05, 3.63) is 108 Å². The molecule has 0 fully saturated rings. The molecule has 0 saturated carbocycles. The summed E-state index contributed by atoms with van der Waals surface area (Å²) >= 11 is 0. The SMILES string of the molecule is Cc1ccc(Oc2ccc(N=Cc3cccn3-c3cccc(C(=O)O)c3)cc2)cc1. The molecule has 4 rings (SSSR count). The zero-order valence-electron chi connectivity index (χ0n) is 16.4. The second-order valence-electron chi connectivity index (χ2n) is 6.83. The number of carbonyl (C=O) groups is 1. The van der Waals surface area contributed by atoms with Crippen LogP contribution in [0.3, 0.4) is 0 Å². The molecule has 5 heteroatoms.